The molecule has 0 spiro atoms. The van der Waals surface area contributed by atoms with Crippen molar-refractivity contribution in [2.45, 2.75) is 19.0 Å². The van der Waals surface area contributed by atoms with Gasteiger partial charge < -0.3 is 14.8 Å². The Balaban J connectivity index is 1.63. The van der Waals surface area contributed by atoms with Gasteiger partial charge in [0.25, 0.3) is 0 Å². The van der Waals surface area contributed by atoms with E-state index in [1.54, 1.807) is 24.5 Å². The highest BCUT2D eigenvalue weighted by Crippen LogP contribution is 2.42. The third-order valence-corrected chi connectivity index (χ3v) is 6.78. The highest BCUT2D eigenvalue weighted by Gasteiger charge is 2.42. The lowest BCUT2D eigenvalue weighted by molar-refractivity contribution is 0.548. The van der Waals surface area contributed by atoms with E-state index in [1.807, 2.05) is 48.7 Å². The summed E-state index contributed by atoms with van der Waals surface area (Å²) in [5.74, 6) is 0. The second-order valence-corrected chi connectivity index (χ2v) is 10.5. The van der Waals surface area contributed by atoms with Gasteiger partial charge in [-0.3, -0.25) is 14.7 Å². The normalized spacial score (nSPS) is 17.9. The number of nitrogens with zero attached hydrogens (tertiary/aromatic N) is 4. The molecule has 0 radical (unpaired) electrons. The first-order chi connectivity index (χ1) is 16.8. The number of thiocarbonyl (C=S) groups is 1. The highest BCUT2D eigenvalue weighted by molar-refractivity contribution is 7.92. The van der Waals surface area contributed by atoms with Gasteiger partial charge in [0.1, 0.15) is 6.04 Å². The van der Waals surface area contributed by atoms with Gasteiger partial charge in [-0.25, -0.2) is 8.42 Å². The lowest BCUT2D eigenvalue weighted by atomic mass is 10.0. The quantitative estimate of drug-likeness (QED) is 0.382. The molecule has 0 aliphatic carbocycles. The standard InChI is InChI=1S/C25H24N6O2S2/c1-17-8-13-22(30(17)20-6-5-14-26-16-20)24-23(21-7-3-4-15-27-21)28-25(34)31(24)19-11-9-18(10-12-19)29-35(2,32)33/h3-16,23-24,29H,1-2H3,(H,28,34)/t23-,24+/m0/s1. The van der Waals surface area contributed by atoms with Crippen LogP contribution in [-0.2, 0) is 10.0 Å². The van der Waals surface area contributed by atoms with Crippen LogP contribution in [0.4, 0.5) is 11.4 Å². The second kappa shape index (κ2) is 9.12. The zero-order valence-corrected chi connectivity index (χ0v) is 20.8. The molecule has 0 saturated carbocycles. The van der Waals surface area contributed by atoms with Crippen molar-refractivity contribution in [1.29, 1.82) is 0 Å². The number of sulfonamides is 1. The average molecular weight is 505 g/mol. The fraction of sp³-hybridized carbons (Fsp3) is 0.160. The lowest BCUT2D eigenvalue weighted by Crippen LogP contribution is -2.30. The maximum absolute atomic E-state index is 11.6. The van der Waals surface area contributed by atoms with Crippen molar-refractivity contribution in [1.82, 2.24) is 19.9 Å². The topological polar surface area (TPSA) is 92.2 Å². The summed E-state index contributed by atoms with van der Waals surface area (Å²) in [6.45, 7) is 2.06. The number of aryl methyl sites for hydroxylation is 1. The molecule has 1 saturated heterocycles. The summed E-state index contributed by atoms with van der Waals surface area (Å²) in [4.78, 5) is 11.0. The summed E-state index contributed by atoms with van der Waals surface area (Å²) in [7, 11) is -3.37. The molecule has 1 aliphatic heterocycles. The lowest BCUT2D eigenvalue weighted by Gasteiger charge is -2.29. The van der Waals surface area contributed by atoms with Gasteiger partial charge >= 0.3 is 0 Å². The van der Waals surface area contributed by atoms with Crippen LogP contribution in [0.25, 0.3) is 5.69 Å². The van der Waals surface area contributed by atoms with Crippen LogP contribution in [-0.4, -0.2) is 34.3 Å². The monoisotopic (exact) mass is 504 g/mol. The van der Waals surface area contributed by atoms with Crippen molar-refractivity contribution in [3.05, 3.63) is 102 Å². The molecule has 2 N–H and O–H groups in total. The van der Waals surface area contributed by atoms with E-state index in [1.165, 1.54) is 0 Å². The molecule has 4 aromatic rings. The molecular weight excluding hydrogens is 480 g/mol. The van der Waals surface area contributed by atoms with Crippen molar-refractivity contribution in [2.24, 2.45) is 0 Å². The molecule has 1 aromatic carbocycles. The SMILES string of the molecule is Cc1ccc([C@@H]2[C@H](c3ccccn3)NC(=S)N2c2ccc(NS(C)(=O)=O)cc2)n1-c1cccnc1. The second-order valence-electron chi connectivity index (χ2n) is 8.36. The van der Waals surface area contributed by atoms with Gasteiger partial charge in [0.15, 0.2) is 5.11 Å². The van der Waals surface area contributed by atoms with Crippen LogP contribution in [0, 0.1) is 6.92 Å². The van der Waals surface area contributed by atoms with Crippen molar-refractivity contribution in [3.8, 4) is 5.69 Å². The van der Waals surface area contributed by atoms with Crippen molar-refractivity contribution >= 4 is 38.7 Å². The number of hydrogen-bond acceptors (Lipinski definition) is 5. The zero-order chi connectivity index (χ0) is 24.6. The van der Waals surface area contributed by atoms with E-state index in [0.717, 1.165) is 34.7 Å². The van der Waals surface area contributed by atoms with Crippen LogP contribution in [0.1, 0.15) is 29.2 Å². The Hall–Kier alpha value is -3.76. The molecule has 1 fully saturated rings. The molecule has 0 amide bonds. The fourth-order valence-electron chi connectivity index (χ4n) is 4.47. The van der Waals surface area contributed by atoms with Crippen molar-refractivity contribution in [2.75, 3.05) is 15.9 Å². The van der Waals surface area contributed by atoms with E-state index >= 15 is 0 Å². The summed E-state index contributed by atoms with van der Waals surface area (Å²) < 4.78 is 28.0. The predicted octanol–water partition coefficient (Wildman–Crippen LogP) is 4.12. The van der Waals surface area contributed by atoms with E-state index in [-0.39, 0.29) is 12.1 Å². The third-order valence-electron chi connectivity index (χ3n) is 5.86. The molecule has 4 heterocycles. The number of pyridine rings is 2. The Morgan fingerprint density at radius 3 is 2.43 bits per heavy atom. The van der Waals surface area contributed by atoms with Gasteiger partial charge in [-0.1, -0.05) is 6.07 Å². The average Bonchev–Trinajstić information content (AvgIpc) is 3.39. The molecule has 0 bridgehead atoms. The van der Waals surface area contributed by atoms with Crippen LogP contribution in [0.15, 0.2) is 85.3 Å². The van der Waals surface area contributed by atoms with E-state index in [2.05, 4.69) is 48.5 Å². The summed E-state index contributed by atoms with van der Waals surface area (Å²) in [6, 6.07) is 20.7. The van der Waals surface area contributed by atoms with Crippen LogP contribution >= 0.6 is 12.2 Å². The Bertz CT molecular complexity index is 1460. The van der Waals surface area contributed by atoms with Gasteiger partial charge in [-0.05, 0) is 79.8 Å². The minimum absolute atomic E-state index is 0.206. The van der Waals surface area contributed by atoms with Gasteiger partial charge in [-0.15, -0.1) is 0 Å². The van der Waals surface area contributed by atoms with E-state index in [0.29, 0.717) is 10.8 Å². The minimum atomic E-state index is -3.37. The number of anilines is 2. The van der Waals surface area contributed by atoms with Crippen LogP contribution in [0.3, 0.4) is 0 Å². The number of benzene rings is 1. The first kappa shape index (κ1) is 23.0. The van der Waals surface area contributed by atoms with Crippen LogP contribution < -0.4 is 14.9 Å². The molecule has 2 atom stereocenters. The maximum atomic E-state index is 11.6. The molecule has 3 aromatic heterocycles. The van der Waals surface area contributed by atoms with Gasteiger partial charge in [0.05, 0.1) is 29.9 Å². The molecule has 8 nitrogen and oxygen atoms in total. The summed E-state index contributed by atoms with van der Waals surface area (Å²) in [5, 5.41) is 4.02. The smallest absolute Gasteiger partial charge is 0.229 e. The molecule has 0 unspecified atom stereocenters. The van der Waals surface area contributed by atoms with Crippen molar-refractivity contribution in [3.63, 3.8) is 0 Å². The molecule has 1 aliphatic rings. The maximum Gasteiger partial charge on any atom is 0.229 e. The molecule has 35 heavy (non-hydrogen) atoms. The molecule has 10 heteroatoms. The van der Waals surface area contributed by atoms with Crippen molar-refractivity contribution < 1.29 is 8.42 Å². The summed E-state index contributed by atoms with van der Waals surface area (Å²) >= 11 is 5.82. The fourth-order valence-corrected chi connectivity index (χ4v) is 5.38. The van der Waals surface area contributed by atoms with E-state index in [9.17, 15) is 8.42 Å². The Kier molecular flexibility index (Phi) is 6.00. The van der Waals surface area contributed by atoms with Gasteiger partial charge in [0, 0.05) is 35.2 Å². The first-order valence-corrected chi connectivity index (χ1v) is 13.3. The summed E-state index contributed by atoms with van der Waals surface area (Å²) in [5.41, 5.74) is 5.24. The number of rotatable bonds is 6. The first-order valence-electron chi connectivity index (χ1n) is 11.0. The summed E-state index contributed by atoms with van der Waals surface area (Å²) in [6.07, 6.45) is 6.49. The Labute approximate surface area is 209 Å². The highest BCUT2D eigenvalue weighted by atomic mass is 32.2. The van der Waals surface area contributed by atoms with E-state index in [4.69, 9.17) is 12.2 Å². The molecule has 5 rings (SSSR count). The number of aromatic nitrogens is 3. The Morgan fingerprint density at radius 1 is 0.971 bits per heavy atom. The predicted molar refractivity (Wildman–Crippen MR) is 141 cm³/mol. The van der Waals surface area contributed by atoms with E-state index < -0.39 is 10.0 Å². The molecular formula is C25H24N6O2S2. The number of nitrogens with one attached hydrogen (secondary N) is 2. The number of hydrogen-bond donors (Lipinski definition) is 2. The van der Waals surface area contributed by atoms with Crippen LogP contribution in [0.5, 0.6) is 0 Å². The zero-order valence-electron chi connectivity index (χ0n) is 19.2. The largest absolute Gasteiger partial charge is 0.351 e. The minimum Gasteiger partial charge on any atom is -0.351 e. The third kappa shape index (κ3) is 4.62. The van der Waals surface area contributed by atoms with Gasteiger partial charge in [0.2, 0.25) is 10.0 Å². The van der Waals surface area contributed by atoms with Crippen LogP contribution in [0.2, 0.25) is 0 Å². The van der Waals surface area contributed by atoms with Gasteiger partial charge in [-0.2, -0.15) is 0 Å². The Morgan fingerprint density at radius 2 is 1.77 bits per heavy atom. The molecule has 178 valence electrons.